The predicted molar refractivity (Wildman–Crippen MR) is 82.1 cm³/mol. The average molecular weight is 319 g/mol. The molecule has 0 saturated carbocycles. The summed E-state index contributed by atoms with van der Waals surface area (Å²) in [5, 5.41) is 0. The molecule has 0 saturated heterocycles. The summed E-state index contributed by atoms with van der Waals surface area (Å²) in [5.41, 5.74) is 8.17. The molecule has 3 nitrogen and oxygen atoms in total. The number of rotatable bonds is 3. The largest absolute Gasteiger partial charge is 0.399 e. The average Bonchev–Trinajstić information content (AvgIpc) is 2.40. The van der Waals surface area contributed by atoms with Gasteiger partial charge in [-0.1, -0.05) is 34.1 Å². The Hall–Kier alpha value is -1.81. The van der Waals surface area contributed by atoms with Crippen molar-refractivity contribution in [2.24, 2.45) is 0 Å². The highest BCUT2D eigenvalue weighted by Gasteiger charge is 2.11. The molecule has 0 heterocycles. The topological polar surface area (TPSA) is 46.3 Å². The predicted octanol–water partition coefficient (Wildman–Crippen LogP) is 3.24. The Bertz CT molecular complexity index is 581. The van der Waals surface area contributed by atoms with Crippen molar-refractivity contribution in [3.63, 3.8) is 0 Å². The standard InChI is InChI=1S/C15H15BrN2O/c1-18(14-4-2-3-13(17)10-14)15(19)9-11-5-7-12(16)8-6-11/h2-8,10H,9,17H2,1H3. The summed E-state index contributed by atoms with van der Waals surface area (Å²) in [7, 11) is 1.76. The van der Waals surface area contributed by atoms with Gasteiger partial charge in [0.25, 0.3) is 0 Å². The van der Waals surface area contributed by atoms with Crippen molar-refractivity contribution in [1.29, 1.82) is 0 Å². The van der Waals surface area contributed by atoms with Crippen LogP contribution in [0.3, 0.4) is 0 Å². The molecular formula is C15H15BrN2O. The molecule has 98 valence electrons. The second-order valence-corrected chi connectivity index (χ2v) is 5.27. The van der Waals surface area contributed by atoms with Gasteiger partial charge in [-0.05, 0) is 35.9 Å². The van der Waals surface area contributed by atoms with E-state index in [1.807, 2.05) is 36.4 Å². The molecular weight excluding hydrogens is 304 g/mol. The molecule has 2 aromatic rings. The van der Waals surface area contributed by atoms with E-state index in [4.69, 9.17) is 5.73 Å². The quantitative estimate of drug-likeness (QED) is 0.883. The van der Waals surface area contributed by atoms with E-state index >= 15 is 0 Å². The van der Waals surface area contributed by atoms with E-state index in [9.17, 15) is 4.79 Å². The number of benzene rings is 2. The molecule has 0 atom stereocenters. The molecule has 2 rings (SSSR count). The van der Waals surface area contributed by atoms with E-state index in [-0.39, 0.29) is 5.91 Å². The minimum Gasteiger partial charge on any atom is -0.399 e. The Kier molecular flexibility index (Phi) is 4.22. The van der Waals surface area contributed by atoms with Gasteiger partial charge in [-0.2, -0.15) is 0 Å². The van der Waals surface area contributed by atoms with E-state index in [2.05, 4.69) is 15.9 Å². The Balaban J connectivity index is 2.09. The number of nitrogen functional groups attached to an aromatic ring is 1. The maximum atomic E-state index is 12.2. The SMILES string of the molecule is CN(C(=O)Cc1ccc(Br)cc1)c1cccc(N)c1. The van der Waals surface area contributed by atoms with Gasteiger partial charge in [-0.15, -0.1) is 0 Å². The summed E-state index contributed by atoms with van der Waals surface area (Å²) in [6.45, 7) is 0. The third-order valence-electron chi connectivity index (χ3n) is 2.90. The maximum absolute atomic E-state index is 12.2. The molecule has 4 heteroatoms. The Labute approximate surface area is 121 Å². The molecule has 0 spiro atoms. The zero-order chi connectivity index (χ0) is 13.8. The number of nitrogens with zero attached hydrogens (tertiary/aromatic N) is 1. The number of carbonyl (C=O) groups is 1. The lowest BCUT2D eigenvalue weighted by Crippen LogP contribution is -2.27. The maximum Gasteiger partial charge on any atom is 0.231 e. The fourth-order valence-corrected chi connectivity index (χ4v) is 2.04. The van der Waals surface area contributed by atoms with Crippen molar-refractivity contribution < 1.29 is 4.79 Å². The van der Waals surface area contributed by atoms with Crippen LogP contribution in [-0.2, 0) is 11.2 Å². The van der Waals surface area contributed by atoms with Crippen molar-refractivity contribution in [3.8, 4) is 0 Å². The first-order chi connectivity index (χ1) is 9.06. The van der Waals surface area contributed by atoms with E-state index in [0.717, 1.165) is 15.7 Å². The summed E-state index contributed by atoms with van der Waals surface area (Å²) < 4.78 is 1.01. The van der Waals surface area contributed by atoms with Gasteiger partial charge in [-0.25, -0.2) is 0 Å². The number of likely N-dealkylation sites (N-methyl/N-ethyl adjacent to an activating group) is 1. The molecule has 2 N–H and O–H groups in total. The fraction of sp³-hybridized carbons (Fsp3) is 0.133. The van der Waals surface area contributed by atoms with Gasteiger partial charge in [0, 0.05) is 22.9 Å². The third-order valence-corrected chi connectivity index (χ3v) is 3.43. The van der Waals surface area contributed by atoms with Gasteiger partial charge >= 0.3 is 0 Å². The van der Waals surface area contributed by atoms with Crippen molar-refractivity contribution in [2.75, 3.05) is 17.7 Å². The van der Waals surface area contributed by atoms with Gasteiger partial charge in [0.05, 0.1) is 6.42 Å². The van der Waals surface area contributed by atoms with Crippen LogP contribution in [-0.4, -0.2) is 13.0 Å². The molecule has 0 aliphatic carbocycles. The molecule has 0 aliphatic heterocycles. The minimum absolute atomic E-state index is 0.0351. The van der Waals surface area contributed by atoms with Gasteiger partial charge < -0.3 is 10.6 Å². The number of hydrogen-bond acceptors (Lipinski definition) is 2. The minimum atomic E-state index is 0.0351. The van der Waals surface area contributed by atoms with Crippen molar-refractivity contribution in [1.82, 2.24) is 0 Å². The van der Waals surface area contributed by atoms with Crippen LogP contribution in [0.1, 0.15) is 5.56 Å². The normalized spacial score (nSPS) is 10.2. The van der Waals surface area contributed by atoms with Crippen LogP contribution < -0.4 is 10.6 Å². The Morgan fingerprint density at radius 3 is 2.53 bits per heavy atom. The lowest BCUT2D eigenvalue weighted by atomic mass is 10.1. The van der Waals surface area contributed by atoms with Crippen molar-refractivity contribution >= 4 is 33.2 Å². The monoisotopic (exact) mass is 318 g/mol. The van der Waals surface area contributed by atoms with Gasteiger partial charge in [0.1, 0.15) is 0 Å². The highest BCUT2D eigenvalue weighted by atomic mass is 79.9. The first-order valence-electron chi connectivity index (χ1n) is 5.93. The van der Waals surface area contributed by atoms with Crippen LogP contribution in [0.4, 0.5) is 11.4 Å². The Morgan fingerprint density at radius 2 is 1.89 bits per heavy atom. The first kappa shape index (κ1) is 13.6. The van der Waals surface area contributed by atoms with Crippen molar-refractivity contribution in [3.05, 3.63) is 58.6 Å². The van der Waals surface area contributed by atoms with Crippen LogP contribution in [0.25, 0.3) is 0 Å². The summed E-state index contributed by atoms with van der Waals surface area (Å²) in [6.07, 6.45) is 0.374. The second kappa shape index (κ2) is 5.89. The van der Waals surface area contributed by atoms with E-state index in [1.54, 1.807) is 24.1 Å². The van der Waals surface area contributed by atoms with E-state index in [0.29, 0.717) is 12.1 Å². The van der Waals surface area contributed by atoms with Gasteiger partial charge in [0.15, 0.2) is 0 Å². The highest BCUT2D eigenvalue weighted by molar-refractivity contribution is 9.10. The number of hydrogen-bond donors (Lipinski definition) is 1. The van der Waals surface area contributed by atoms with Crippen LogP contribution in [0.15, 0.2) is 53.0 Å². The molecule has 0 unspecified atom stereocenters. The number of nitrogens with two attached hydrogens (primary N) is 1. The zero-order valence-electron chi connectivity index (χ0n) is 10.6. The molecule has 19 heavy (non-hydrogen) atoms. The molecule has 0 bridgehead atoms. The third kappa shape index (κ3) is 3.58. The number of halogens is 1. The summed E-state index contributed by atoms with van der Waals surface area (Å²) in [5.74, 6) is 0.0351. The van der Waals surface area contributed by atoms with Gasteiger partial charge in [-0.3, -0.25) is 4.79 Å². The van der Waals surface area contributed by atoms with Crippen LogP contribution in [0, 0.1) is 0 Å². The van der Waals surface area contributed by atoms with Crippen LogP contribution in [0.5, 0.6) is 0 Å². The number of anilines is 2. The van der Waals surface area contributed by atoms with E-state index in [1.165, 1.54) is 0 Å². The lowest BCUT2D eigenvalue weighted by molar-refractivity contribution is -0.117. The molecule has 2 aromatic carbocycles. The molecule has 0 aromatic heterocycles. The smallest absolute Gasteiger partial charge is 0.231 e. The van der Waals surface area contributed by atoms with Crippen LogP contribution in [0.2, 0.25) is 0 Å². The first-order valence-corrected chi connectivity index (χ1v) is 6.72. The van der Waals surface area contributed by atoms with E-state index < -0.39 is 0 Å². The van der Waals surface area contributed by atoms with Gasteiger partial charge in [0.2, 0.25) is 5.91 Å². The molecule has 1 amide bonds. The summed E-state index contributed by atoms with van der Waals surface area (Å²) in [6, 6.07) is 15.1. The summed E-state index contributed by atoms with van der Waals surface area (Å²) in [4.78, 5) is 13.8. The second-order valence-electron chi connectivity index (χ2n) is 4.35. The number of carbonyl (C=O) groups excluding carboxylic acids is 1. The van der Waals surface area contributed by atoms with Crippen molar-refractivity contribution in [2.45, 2.75) is 6.42 Å². The van der Waals surface area contributed by atoms with Crippen LogP contribution >= 0.6 is 15.9 Å². The molecule has 0 radical (unpaired) electrons. The summed E-state index contributed by atoms with van der Waals surface area (Å²) >= 11 is 3.38. The number of amides is 1. The lowest BCUT2D eigenvalue weighted by Gasteiger charge is -2.17. The fourth-order valence-electron chi connectivity index (χ4n) is 1.77. The Morgan fingerprint density at radius 1 is 1.21 bits per heavy atom. The molecule has 0 fully saturated rings. The molecule has 0 aliphatic rings. The zero-order valence-corrected chi connectivity index (χ0v) is 12.2. The highest BCUT2D eigenvalue weighted by Crippen LogP contribution is 2.18.